The van der Waals surface area contributed by atoms with Crippen molar-refractivity contribution in [2.24, 2.45) is 0 Å². The van der Waals surface area contributed by atoms with Crippen LogP contribution in [0.5, 0.6) is 5.75 Å². The van der Waals surface area contributed by atoms with Crippen LogP contribution in [0.4, 0.5) is 10.2 Å². The predicted molar refractivity (Wildman–Crippen MR) is 62.8 cm³/mol. The van der Waals surface area contributed by atoms with Crippen LogP contribution in [-0.2, 0) is 0 Å². The lowest BCUT2D eigenvalue weighted by molar-refractivity contribution is 0.103. The first kappa shape index (κ1) is 12.0. The number of benzene rings is 1. The Kier molecular flexibility index (Phi) is 3.18. The SMILES string of the molecule is COc1ccc(F)cc1C(=O)c1cncnc1N. The minimum atomic E-state index is -0.533. The number of halogens is 1. The lowest BCUT2D eigenvalue weighted by Gasteiger charge is -2.08. The van der Waals surface area contributed by atoms with Crippen LogP contribution in [-0.4, -0.2) is 22.9 Å². The minimum absolute atomic E-state index is 0.0429. The molecule has 2 rings (SSSR count). The average Bonchev–Trinajstić information content (AvgIpc) is 2.38. The van der Waals surface area contributed by atoms with Gasteiger partial charge in [-0.15, -0.1) is 0 Å². The maximum absolute atomic E-state index is 13.2. The molecule has 0 saturated heterocycles. The fourth-order valence-electron chi connectivity index (χ4n) is 1.52. The molecule has 6 heteroatoms. The van der Waals surface area contributed by atoms with E-state index in [9.17, 15) is 9.18 Å². The van der Waals surface area contributed by atoms with Gasteiger partial charge in [0.2, 0.25) is 5.78 Å². The lowest BCUT2D eigenvalue weighted by Crippen LogP contribution is -2.09. The first-order valence-electron chi connectivity index (χ1n) is 5.07. The summed E-state index contributed by atoms with van der Waals surface area (Å²) in [5, 5.41) is 0. The number of ketones is 1. The van der Waals surface area contributed by atoms with E-state index in [-0.39, 0.29) is 22.7 Å². The highest BCUT2D eigenvalue weighted by Gasteiger charge is 2.18. The molecule has 0 aliphatic carbocycles. The summed E-state index contributed by atoms with van der Waals surface area (Å²) in [4.78, 5) is 19.6. The summed E-state index contributed by atoms with van der Waals surface area (Å²) in [5.41, 5.74) is 5.78. The largest absolute Gasteiger partial charge is 0.496 e. The van der Waals surface area contributed by atoms with E-state index in [1.54, 1.807) is 0 Å². The number of aromatic nitrogens is 2. The maximum Gasteiger partial charge on any atom is 0.202 e. The number of carbonyl (C=O) groups excluding carboxylic acids is 1. The van der Waals surface area contributed by atoms with Crippen molar-refractivity contribution in [3.05, 3.63) is 47.7 Å². The van der Waals surface area contributed by atoms with Crippen LogP contribution in [0.1, 0.15) is 15.9 Å². The summed E-state index contributed by atoms with van der Waals surface area (Å²) in [5.74, 6) is -0.704. The van der Waals surface area contributed by atoms with Crippen molar-refractivity contribution in [2.75, 3.05) is 12.8 Å². The topological polar surface area (TPSA) is 78.1 Å². The monoisotopic (exact) mass is 247 g/mol. The molecule has 0 amide bonds. The molecule has 0 aliphatic heterocycles. The van der Waals surface area contributed by atoms with Gasteiger partial charge in [-0.1, -0.05) is 0 Å². The number of rotatable bonds is 3. The zero-order chi connectivity index (χ0) is 13.1. The summed E-state index contributed by atoms with van der Waals surface area (Å²) < 4.78 is 18.2. The predicted octanol–water partition coefficient (Wildman–Crippen LogP) is 1.44. The highest BCUT2D eigenvalue weighted by molar-refractivity contribution is 6.12. The van der Waals surface area contributed by atoms with Crippen LogP contribution in [0.3, 0.4) is 0 Å². The van der Waals surface area contributed by atoms with Crippen molar-refractivity contribution in [1.29, 1.82) is 0 Å². The third kappa shape index (κ3) is 2.13. The quantitative estimate of drug-likeness (QED) is 0.830. The summed E-state index contributed by atoms with van der Waals surface area (Å²) in [6.07, 6.45) is 2.52. The number of hydrogen-bond donors (Lipinski definition) is 1. The fraction of sp³-hybridized carbons (Fsp3) is 0.0833. The molecule has 2 N–H and O–H groups in total. The van der Waals surface area contributed by atoms with Crippen LogP contribution in [0.25, 0.3) is 0 Å². The molecule has 0 atom stereocenters. The molecule has 0 fully saturated rings. The third-order valence-electron chi connectivity index (χ3n) is 2.39. The van der Waals surface area contributed by atoms with Crippen LogP contribution < -0.4 is 10.5 Å². The number of carbonyl (C=O) groups is 1. The van der Waals surface area contributed by atoms with Crippen LogP contribution in [0.2, 0.25) is 0 Å². The van der Waals surface area contributed by atoms with Gasteiger partial charge in [0.1, 0.15) is 23.7 Å². The molecule has 1 heterocycles. The van der Waals surface area contributed by atoms with Gasteiger partial charge >= 0.3 is 0 Å². The first-order chi connectivity index (χ1) is 8.63. The van der Waals surface area contributed by atoms with Crippen molar-refractivity contribution in [1.82, 2.24) is 9.97 Å². The van der Waals surface area contributed by atoms with Gasteiger partial charge in [0, 0.05) is 6.20 Å². The normalized spacial score (nSPS) is 10.1. The highest BCUT2D eigenvalue weighted by atomic mass is 19.1. The highest BCUT2D eigenvalue weighted by Crippen LogP contribution is 2.23. The van der Waals surface area contributed by atoms with Crippen LogP contribution in [0.15, 0.2) is 30.7 Å². The molecule has 0 saturated carbocycles. The van der Waals surface area contributed by atoms with Gasteiger partial charge in [0.15, 0.2) is 0 Å². The molecular weight excluding hydrogens is 237 g/mol. The molecule has 18 heavy (non-hydrogen) atoms. The number of methoxy groups -OCH3 is 1. The molecule has 92 valence electrons. The first-order valence-corrected chi connectivity index (χ1v) is 5.07. The Morgan fingerprint density at radius 2 is 2.17 bits per heavy atom. The minimum Gasteiger partial charge on any atom is -0.496 e. The van der Waals surface area contributed by atoms with E-state index >= 15 is 0 Å². The van der Waals surface area contributed by atoms with Crippen LogP contribution >= 0.6 is 0 Å². The van der Waals surface area contributed by atoms with E-state index in [0.29, 0.717) is 0 Å². The number of nitrogens with two attached hydrogens (primary N) is 1. The lowest BCUT2D eigenvalue weighted by atomic mass is 10.0. The molecule has 1 aromatic heterocycles. The average molecular weight is 247 g/mol. The fourth-order valence-corrected chi connectivity index (χ4v) is 1.52. The Hall–Kier alpha value is -2.50. The van der Waals surface area contributed by atoms with E-state index in [2.05, 4.69) is 9.97 Å². The van der Waals surface area contributed by atoms with Gasteiger partial charge < -0.3 is 10.5 Å². The number of anilines is 1. The van der Waals surface area contributed by atoms with Gasteiger partial charge in [0.25, 0.3) is 0 Å². The van der Waals surface area contributed by atoms with Gasteiger partial charge in [-0.25, -0.2) is 14.4 Å². The van der Waals surface area contributed by atoms with E-state index in [4.69, 9.17) is 10.5 Å². The molecule has 2 aromatic rings. The van der Waals surface area contributed by atoms with Crippen LogP contribution in [0, 0.1) is 5.82 Å². The van der Waals surface area contributed by atoms with Gasteiger partial charge in [-0.3, -0.25) is 4.79 Å². The van der Waals surface area contributed by atoms with E-state index < -0.39 is 11.6 Å². The Morgan fingerprint density at radius 1 is 1.39 bits per heavy atom. The van der Waals surface area contributed by atoms with Crippen molar-refractivity contribution in [2.45, 2.75) is 0 Å². The summed E-state index contributed by atoms with van der Waals surface area (Å²) >= 11 is 0. The standard InChI is InChI=1S/C12H10FN3O2/c1-18-10-3-2-7(13)4-8(10)11(17)9-5-15-6-16-12(9)14/h2-6H,1H3,(H2,14,15,16). The van der Waals surface area contributed by atoms with Crippen molar-refractivity contribution < 1.29 is 13.9 Å². The zero-order valence-corrected chi connectivity index (χ0v) is 9.55. The zero-order valence-electron chi connectivity index (χ0n) is 9.55. The van der Waals surface area contributed by atoms with Gasteiger partial charge in [-0.2, -0.15) is 0 Å². The molecule has 0 spiro atoms. The molecule has 1 aromatic carbocycles. The van der Waals surface area contributed by atoms with Crippen molar-refractivity contribution in [3.63, 3.8) is 0 Å². The second-order valence-electron chi connectivity index (χ2n) is 3.50. The Bertz CT molecular complexity index is 602. The molecule has 0 radical (unpaired) electrons. The number of nitrogen functional groups attached to an aromatic ring is 1. The molecule has 0 unspecified atom stereocenters. The number of ether oxygens (including phenoxy) is 1. The molecule has 0 bridgehead atoms. The van der Waals surface area contributed by atoms with Crippen molar-refractivity contribution >= 4 is 11.6 Å². The van der Waals surface area contributed by atoms with Gasteiger partial charge in [-0.05, 0) is 18.2 Å². The Balaban J connectivity index is 2.52. The summed E-state index contributed by atoms with van der Waals surface area (Å²) in [6.45, 7) is 0. The van der Waals surface area contributed by atoms with E-state index in [1.807, 2.05) is 0 Å². The summed E-state index contributed by atoms with van der Waals surface area (Å²) in [6, 6.07) is 3.68. The van der Waals surface area contributed by atoms with Gasteiger partial charge in [0.05, 0.1) is 18.2 Å². The van der Waals surface area contributed by atoms with Crippen molar-refractivity contribution in [3.8, 4) is 5.75 Å². The van der Waals surface area contributed by atoms with E-state index in [0.717, 1.165) is 6.07 Å². The summed E-state index contributed by atoms with van der Waals surface area (Å²) in [7, 11) is 1.40. The third-order valence-corrected chi connectivity index (χ3v) is 2.39. The Morgan fingerprint density at radius 3 is 2.83 bits per heavy atom. The smallest absolute Gasteiger partial charge is 0.202 e. The Labute approximate surface area is 102 Å². The maximum atomic E-state index is 13.2. The van der Waals surface area contributed by atoms with E-state index in [1.165, 1.54) is 31.8 Å². The molecular formula is C12H10FN3O2. The second-order valence-corrected chi connectivity index (χ2v) is 3.50. The number of hydrogen-bond acceptors (Lipinski definition) is 5. The number of nitrogens with zero attached hydrogens (tertiary/aromatic N) is 2. The molecule has 0 aliphatic rings. The molecule has 5 nitrogen and oxygen atoms in total. The second kappa shape index (κ2) is 4.79.